The summed E-state index contributed by atoms with van der Waals surface area (Å²) < 4.78 is 57.4. The molecule has 0 aliphatic carbocycles. The van der Waals surface area contributed by atoms with Gasteiger partial charge in [0.25, 0.3) is 0 Å². The van der Waals surface area contributed by atoms with Gasteiger partial charge in [0.2, 0.25) is 62.8 Å². The molecule has 10 aliphatic rings. The van der Waals surface area contributed by atoms with E-state index >= 15 is 0 Å². The largest absolute Gasteiger partial charge is 0.497 e. The zero-order chi connectivity index (χ0) is 88.4. The number of ketones is 10. The highest BCUT2D eigenvalue weighted by molar-refractivity contribution is 9.09. The maximum atomic E-state index is 11.6. The summed E-state index contributed by atoms with van der Waals surface area (Å²) in [5.74, 6) is 7.78. The fraction of sp³-hybridized carbons (Fsp3) is 0.255. The van der Waals surface area contributed by atoms with E-state index in [-0.39, 0.29) is 115 Å². The van der Waals surface area contributed by atoms with Crippen molar-refractivity contribution in [1.82, 2.24) is 0 Å². The van der Waals surface area contributed by atoms with E-state index < -0.39 is 5.01 Å². The van der Waals surface area contributed by atoms with Gasteiger partial charge >= 0.3 is 0 Å². The van der Waals surface area contributed by atoms with Gasteiger partial charge < -0.3 is 57.0 Å². The van der Waals surface area contributed by atoms with E-state index in [4.69, 9.17) is 98.5 Å². The number of hydrogen-bond donors (Lipinski definition) is 0. The summed E-state index contributed by atoms with van der Waals surface area (Å²) in [5.41, 5.74) is 13.7. The van der Waals surface area contributed by atoms with Crippen LogP contribution in [0.2, 0.25) is 20.1 Å². The van der Waals surface area contributed by atoms with E-state index in [0.717, 1.165) is 72.3 Å². The molecule has 632 valence electrons. The molecule has 0 spiro atoms. The molecule has 20 rings (SSSR count). The van der Waals surface area contributed by atoms with Gasteiger partial charge in [-0.1, -0.05) is 93.9 Å². The fourth-order valence-corrected chi connectivity index (χ4v) is 15.1. The lowest BCUT2D eigenvalue weighted by atomic mass is 10.0. The number of thioether (sulfide) groups is 1. The van der Waals surface area contributed by atoms with Crippen molar-refractivity contribution in [3.05, 3.63) is 273 Å². The summed E-state index contributed by atoms with van der Waals surface area (Å²) in [6.07, 6.45) is 0.724. The summed E-state index contributed by atoms with van der Waals surface area (Å²) >= 11 is 28.1. The molecule has 10 aliphatic heterocycles. The molecule has 10 aromatic carbocycles. The fourth-order valence-electron chi connectivity index (χ4n) is 13.3. The maximum absolute atomic E-state index is 11.6. The predicted molar refractivity (Wildman–Crippen MR) is 470 cm³/mol. The second-order valence-corrected chi connectivity index (χ2v) is 32.4. The van der Waals surface area contributed by atoms with Crippen LogP contribution in [0, 0.1) is 41.5 Å². The lowest BCUT2D eigenvalue weighted by molar-refractivity contribution is 0.0873. The smallest absolute Gasteiger partial charge is 0.218 e. The molecule has 0 saturated heterocycles. The summed E-state index contributed by atoms with van der Waals surface area (Å²) in [4.78, 5) is 116. The number of Topliss-reactive ketones (excluding diaryl/α,β-unsaturated/α-hetero) is 10. The van der Waals surface area contributed by atoms with Crippen LogP contribution in [0.15, 0.2) is 169 Å². The van der Waals surface area contributed by atoms with Crippen molar-refractivity contribution in [2.75, 3.05) is 65.4 Å². The topological polar surface area (TPSA) is 275 Å². The molecule has 0 saturated carbocycles. The monoisotopic (exact) mass is 1810 g/mol. The third kappa shape index (κ3) is 21.1. The van der Waals surface area contributed by atoms with Gasteiger partial charge in [-0.25, -0.2) is 0 Å². The van der Waals surface area contributed by atoms with Crippen molar-refractivity contribution in [2.24, 2.45) is 0 Å². The molecule has 5 unspecified atom stereocenters. The van der Waals surface area contributed by atoms with Crippen molar-refractivity contribution in [3.63, 3.8) is 0 Å². The molecule has 0 bridgehead atoms. The molecular formula is C94H84BrCl4NO21S. The van der Waals surface area contributed by atoms with Crippen LogP contribution in [0.4, 0.5) is 5.69 Å². The standard InChI is InChI=1S/C11H12O2.C10H11NO2.C10H10O2.C9H7BrO2.C9H6Cl2O2.2C9H7ClO2.C9H8O3.C9H8O2S.C9H8O2/c1-6-4-7(2)11-9(5-6)10(12)8(3)13-11;1-11(2)7-3-4-8-9(12)6-13-10(8)5-7;1-6-3-4-9-8(5-6)10(11)7(2)12-9;1-5-2-3-7-6(4-5)8(11)9(10)12-7;1-4-5(10)2-6(11)9-8(4)7(12)3-13-9;1-5-9(11)7-4-6(10)2-3-8(7)12-5;1-5-2-3-6(10)8-7(11)4-12-9(5)8;1-11-6-2-3-7-8(10)5-12-9(7)4-6;1-12-6-2-3-7-8(10)5-11-9(7)4-6;1-6-9(10)7-4-2-3-5-8(7)11-6/h4-5,8H,1-3H3;3-5H,6H2,1-2H3;3-5,7H,1-2H3;2-4,9H,1H3;2H,3H2,1H3;2-5H,1H3;2-3H,4H2,1H3;2*2-4H,5H2,1H3;2-6H,1H3. The number of methoxy groups -OCH3 is 1. The van der Waals surface area contributed by atoms with E-state index in [1.165, 1.54) is 0 Å². The van der Waals surface area contributed by atoms with Gasteiger partial charge in [0.1, 0.15) is 63.2 Å². The van der Waals surface area contributed by atoms with Crippen molar-refractivity contribution < 1.29 is 100 Å². The van der Waals surface area contributed by atoms with Gasteiger partial charge in [-0.2, -0.15) is 0 Å². The Labute approximate surface area is 737 Å². The van der Waals surface area contributed by atoms with Crippen LogP contribution < -0.4 is 57.0 Å². The molecule has 5 atom stereocenters. The molecule has 10 aromatic rings. The van der Waals surface area contributed by atoms with E-state index in [1.807, 2.05) is 169 Å². The Morgan fingerprint density at radius 3 is 1.40 bits per heavy atom. The maximum Gasteiger partial charge on any atom is 0.218 e. The van der Waals surface area contributed by atoms with Gasteiger partial charge in [0.05, 0.1) is 72.8 Å². The normalized spacial score (nSPS) is 17.3. The van der Waals surface area contributed by atoms with Gasteiger partial charge in [0.15, 0.2) is 57.5 Å². The lowest BCUT2D eigenvalue weighted by Crippen LogP contribution is -2.14. The number of hydrogen-bond acceptors (Lipinski definition) is 23. The quantitative estimate of drug-likeness (QED) is 0.117. The number of ether oxygens (including phenoxy) is 11. The SMILES string of the molecule is CC1Oc2ccc(Cl)cc2C1=O.CC1Oc2ccccc2C1=O.CN(C)c1ccc2c(c1)OCC2=O.COc1ccc2c(c1)OCC2=O.CSc1ccc2c(c1)OCC2=O.Cc1c(Cl)cc(Cl)c2c1C(=O)CO2.Cc1cc(C)c2c(c1)C(=O)C(C)O2.Cc1ccc(Cl)c2c1OCC2=O.Cc1ccc2c(c1)C(=O)C(Br)O2.Cc1ccc2c(c1)C(=O)C(C)O2. The van der Waals surface area contributed by atoms with E-state index in [2.05, 4.69) is 15.9 Å². The Hall–Kier alpha value is -11.5. The van der Waals surface area contributed by atoms with Crippen LogP contribution in [0.1, 0.15) is 165 Å². The number of anilines is 1. The summed E-state index contributed by atoms with van der Waals surface area (Å²) in [5, 5.41) is 1.46. The van der Waals surface area contributed by atoms with Gasteiger partial charge in [-0.15, -0.1) is 11.8 Å². The molecule has 0 N–H and O–H groups in total. The predicted octanol–water partition coefficient (Wildman–Crippen LogP) is 20.2. The molecule has 0 fully saturated rings. The first kappa shape index (κ1) is 91.2. The van der Waals surface area contributed by atoms with Crippen LogP contribution in [0.5, 0.6) is 63.2 Å². The summed E-state index contributed by atoms with van der Waals surface area (Å²) in [6.45, 7) is 19.4. The van der Waals surface area contributed by atoms with Gasteiger partial charge in [0, 0.05) is 46.9 Å². The molecule has 0 radical (unpaired) electrons. The Kier molecular flexibility index (Phi) is 29.9. The second kappa shape index (κ2) is 40.0. The Morgan fingerprint density at radius 1 is 0.369 bits per heavy atom. The van der Waals surface area contributed by atoms with Crippen LogP contribution >= 0.6 is 74.1 Å². The zero-order valence-electron chi connectivity index (χ0n) is 68.8. The number of aryl methyl sites for hydroxylation is 5. The number of fused-ring (bicyclic) bond motifs is 10. The second-order valence-electron chi connectivity index (χ2n) is 29.0. The molecule has 22 nitrogen and oxygen atoms in total. The first-order valence-electron chi connectivity index (χ1n) is 38.2. The number of carbonyl (C=O) groups excluding carboxylic acids is 10. The third-order valence-electron chi connectivity index (χ3n) is 19.8. The Balaban J connectivity index is 0.000000132. The number of benzene rings is 10. The van der Waals surface area contributed by atoms with E-state index in [0.29, 0.717) is 111 Å². The van der Waals surface area contributed by atoms with Crippen LogP contribution in [0.25, 0.3) is 0 Å². The van der Waals surface area contributed by atoms with Crippen molar-refractivity contribution in [1.29, 1.82) is 0 Å². The number of rotatable bonds is 3. The van der Waals surface area contributed by atoms with E-state index in [1.54, 1.807) is 108 Å². The number of halogens is 5. The Bertz CT molecular complexity index is 5620. The number of alkyl halides is 1. The lowest BCUT2D eigenvalue weighted by Gasteiger charge is -2.12. The third-order valence-corrected chi connectivity index (χ3v) is 22.3. The average molecular weight is 1820 g/mol. The minimum atomic E-state index is -0.491. The van der Waals surface area contributed by atoms with Crippen LogP contribution in [0.3, 0.4) is 0 Å². The molecule has 28 heteroatoms. The minimum absolute atomic E-state index is 0.00694. The van der Waals surface area contributed by atoms with Crippen molar-refractivity contribution in [3.8, 4) is 63.2 Å². The van der Waals surface area contributed by atoms with Gasteiger partial charge in [-0.3, -0.25) is 47.9 Å². The average Bonchev–Trinajstić information content (AvgIpc) is 1.73. The molecular weight excluding hydrogens is 1730 g/mol. The number of nitrogens with zero attached hydrogens (tertiary/aromatic N) is 1. The highest BCUT2D eigenvalue weighted by Crippen LogP contribution is 2.42. The van der Waals surface area contributed by atoms with Gasteiger partial charge in [-0.05, 0) is 229 Å². The number of para-hydroxylation sites is 1. The molecule has 10 heterocycles. The van der Waals surface area contributed by atoms with Crippen molar-refractivity contribution in [2.45, 2.75) is 104 Å². The van der Waals surface area contributed by atoms with E-state index in [9.17, 15) is 47.9 Å². The first-order valence-corrected chi connectivity index (χ1v) is 41.8. The molecule has 0 amide bonds. The van der Waals surface area contributed by atoms with Crippen LogP contribution in [-0.4, -0.2) is 148 Å². The molecule has 122 heavy (non-hydrogen) atoms. The molecule has 0 aromatic heterocycles. The Morgan fingerprint density at radius 2 is 0.836 bits per heavy atom. The van der Waals surface area contributed by atoms with Crippen molar-refractivity contribution >= 4 is 138 Å². The summed E-state index contributed by atoms with van der Waals surface area (Å²) in [7, 11) is 5.50. The summed E-state index contributed by atoms with van der Waals surface area (Å²) in [6, 6.07) is 49.3. The highest BCUT2D eigenvalue weighted by Gasteiger charge is 2.35. The highest BCUT2D eigenvalue weighted by atomic mass is 79.9. The zero-order valence-corrected chi connectivity index (χ0v) is 74.3. The number of carbonyl (C=O) groups is 10. The minimum Gasteiger partial charge on any atom is -0.497 e. The first-order chi connectivity index (χ1) is 58.0. The van der Waals surface area contributed by atoms with Crippen LogP contribution in [-0.2, 0) is 0 Å².